The number of rotatable bonds is 6. The minimum absolute atomic E-state index is 0.232. The lowest BCUT2D eigenvalue weighted by atomic mass is 10.0. The van der Waals surface area contributed by atoms with Crippen molar-refractivity contribution in [3.8, 4) is 0 Å². The molecular formula is C10H23NO. The van der Waals surface area contributed by atoms with Crippen LogP contribution in [0.15, 0.2) is 0 Å². The molecule has 0 aromatic heterocycles. The highest BCUT2D eigenvalue weighted by molar-refractivity contribution is 4.65. The van der Waals surface area contributed by atoms with Crippen LogP contribution in [-0.4, -0.2) is 23.8 Å². The van der Waals surface area contributed by atoms with Gasteiger partial charge in [0.2, 0.25) is 0 Å². The van der Waals surface area contributed by atoms with E-state index in [-0.39, 0.29) is 6.10 Å². The fourth-order valence-corrected chi connectivity index (χ4v) is 1.23. The van der Waals surface area contributed by atoms with E-state index in [1.165, 1.54) is 12.8 Å². The topological polar surface area (TPSA) is 32.3 Å². The SMILES string of the molecule is CCC(C)CC(C)NC[C@@H](C)O. The summed E-state index contributed by atoms with van der Waals surface area (Å²) in [5, 5.41) is 12.3. The second kappa shape index (κ2) is 6.44. The largest absolute Gasteiger partial charge is 0.392 e. The molecule has 2 heteroatoms. The Hall–Kier alpha value is -0.0800. The Morgan fingerprint density at radius 2 is 1.83 bits per heavy atom. The van der Waals surface area contributed by atoms with Gasteiger partial charge in [-0.15, -0.1) is 0 Å². The molecule has 2 unspecified atom stereocenters. The van der Waals surface area contributed by atoms with Gasteiger partial charge in [0, 0.05) is 12.6 Å². The second-order valence-electron chi connectivity index (χ2n) is 3.91. The zero-order chi connectivity index (χ0) is 9.56. The summed E-state index contributed by atoms with van der Waals surface area (Å²) in [4.78, 5) is 0. The Kier molecular flexibility index (Phi) is 6.39. The molecule has 0 aliphatic heterocycles. The molecule has 12 heavy (non-hydrogen) atoms. The molecule has 0 aromatic carbocycles. The maximum Gasteiger partial charge on any atom is 0.0636 e. The van der Waals surface area contributed by atoms with Crippen LogP contribution in [0.5, 0.6) is 0 Å². The fraction of sp³-hybridized carbons (Fsp3) is 1.00. The van der Waals surface area contributed by atoms with E-state index in [2.05, 4.69) is 26.1 Å². The monoisotopic (exact) mass is 173 g/mol. The molecular weight excluding hydrogens is 150 g/mol. The van der Waals surface area contributed by atoms with E-state index in [0.29, 0.717) is 12.6 Å². The molecule has 0 aromatic rings. The first-order chi connectivity index (χ1) is 5.56. The van der Waals surface area contributed by atoms with Gasteiger partial charge in [0.15, 0.2) is 0 Å². The maximum absolute atomic E-state index is 9.03. The summed E-state index contributed by atoms with van der Waals surface area (Å²) < 4.78 is 0. The van der Waals surface area contributed by atoms with Gasteiger partial charge in [0.25, 0.3) is 0 Å². The fourth-order valence-electron chi connectivity index (χ4n) is 1.23. The zero-order valence-corrected chi connectivity index (χ0v) is 8.80. The van der Waals surface area contributed by atoms with E-state index < -0.39 is 0 Å². The van der Waals surface area contributed by atoms with Gasteiger partial charge in [-0.2, -0.15) is 0 Å². The lowest BCUT2D eigenvalue weighted by molar-refractivity contribution is 0.184. The van der Waals surface area contributed by atoms with E-state index in [1.807, 2.05) is 6.92 Å². The van der Waals surface area contributed by atoms with Gasteiger partial charge in [-0.1, -0.05) is 20.3 Å². The number of hydrogen-bond acceptors (Lipinski definition) is 2. The van der Waals surface area contributed by atoms with Crippen molar-refractivity contribution in [3.63, 3.8) is 0 Å². The van der Waals surface area contributed by atoms with Crippen molar-refractivity contribution < 1.29 is 5.11 Å². The lowest BCUT2D eigenvalue weighted by Crippen LogP contribution is -2.33. The molecule has 0 saturated heterocycles. The summed E-state index contributed by atoms with van der Waals surface area (Å²) in [5.74, 6) is 0.779. The van der Waals surface area contributed by atoms with Crippen LogP contribution >= 0.6 is 0 Å². The molecule has 0 rings (SSSR count). The lowest BCUT2D eigenvalue weighted by Gasteiger charge is -2.18. The van der Waals surface area contributed by atoms with Gasteiger partial charge in [-0.3, -0.25) is 0 Å². The smallest absolute Gasteiger partial charge is 0.0636 e. The average molecular weight is 173 g/mol. The number of nitrogens with one attached hydrogen (secondary N) is 1. The molecule has 0 bridgehead atoms. The zero-order valence-electron chi connectivity index (χ0n) is 8.80. The molecule has 2 N–H and O–H groups in total. The van der Waals surface area contributed by atoms with Crippen molar-refractivity contribution in [2.45, 2.75) is 52.7 Å². The third-order valence-electron chi connectivity index (χ3n) is 2.21. The molecule has 0 saturated carbocycles. The Balaban J connectivity index is 3.39. The standard InChI is InChI=1S/C10H23NO/c1-5-8(2)6-9(3)11-7-10(4)12/h8-12H,5-7H2,1-4H3/t8?,9?,10-/m1/s1. The van der Waals surface area contributed by atoms with Gasteiger partial charge in [-0.25, -0.2) is 0 Å². The summed E-state index contributed by atoms with van der Waals surface area (Å²) >= 11 is 0. The first-order valence-electron chi connectivity index (χ1n) is 4.97. The summed E-state index contributed by atoms with van der Waals surface area (Å²) in [7, 11) is 0. The van der Waals surface area contributed by atoms with E-state index in [9.17, 15) is 0 Å². The van der Waals surface area contributed by atoms with Crippen LogP contribution in [0.3, 0.4) is 0 Å². The molecule has 0 fully saturated rings. The summed E-state index contributed by atoms with van der Waals surface area (Å²) in [5.41, 5.74) is 0. The van der Waals surface area contributed by atoms with Crippen LogP contribution in [0.2, 0.25) is 0 Å². The van der Waals surface area contributed by atoms with Crippen molar-refractivity contribution in [1.82, 2.24) is 5.32 Å². The van der Waals surface area contributed by atoms with E-state index in [0.717, 1.165) is 5.92 Å². The van der Waals surface area contributed by atoms with E-state index in [4.69, 9.17) is 5.11 Å². The van der Waals surface area contributed by atoms with E-state index in [1.54, 1.807) is 0 Å². The van der Waals surface area contributed by atoms with Crippen molar-refractivity contribution >= 4 is 0 Å². The molecule has 0 aliphatic rings. The van der Waals surface area contributed by atoms with Crippen LogP contribution in [-0.2, 0) is 0 Å². The Morgan fingerprint density at radius 3 is 2.25 bits per heavy atom. The average Bonchev–Trinajstić information content (AvgIpc) is 2.00. The predicted molar refractivity (Wildman–Crippen MR) is 53.2 cm³/mol. The van der Waals surface area contributed by atoms with Crippen molar-refractivity contribution in [3.05, 3.63) is 0 Å². The summed E-state index contributed by atoms with van der Waals surface area (Å²) in [6.45, 7) is 9.17. The van der Waals surface area contributed by atoms with Crippen LogP contribution in [0, 0.1) is 5.92 Å². The van der Waals surface area contributed by atoms with Gasteiger partial charge in [-0.05, 0) is 26.2 Å². The highest BCUT2D eigenvalue weighted by Crippen LogP contribution is 2.08. The van der Waals surface area contributed by atoms with Crippen LogP contribution in [0.4, 0.5) is 0 Å². The van der Waals surface area contributed by atoms with Crippen molar-refractivity contribution in [2.24, 2.45) is 5.92 Å². The van der Waals surface area contributed by atoms with Crippen LogP contribution in [0.25, 0.3) is 0 Å². The second-order valence-corrected chi connectivity index (χ2v) is 3.91. The predicted octanol–water partition coefficient (Wildman–Crippen LogP) is 1.78. The highest BCUT2D eigenvalue weighted by Gasteiger charge is 2.06. The summed E-state index contributed by atoms with van der Waals surface area (Å²) in [6, 6.07) is 0.523. The number of aliphatic hydroxyl groups is 1. The molecule has 2 nitrogen and oxygen atoms in total. The van der Waals surface area contributed by atoms with Crippen molar-refractivity contribution in [2.75, 3.05) is 6.54 Å². The minimum atomic E-state index is -0.232. The first-order valence-corrected chi connectivity index (χ1v) is 4.97. The molecule has 0 heterocycles. The van der Waals surface area contributed by atoms with Crippen LogP contribution < -0.4 is 5.32 Å². The maximum atomic E-state index is 9.03. The van der Waals surface area contributed by atoms with Gasteiger partial charge in [0.05, 0.1) is 6.10 Å². The molecule has 0 spiro atoms. The summed E-state index contributed by atoms with van der Waals surface area (Å²) in [6.07, 6.45) is 2.20. The molecule has 0 aliphatic carbocycles. The normalized spacial score (nSPS) is 18.8. The molecule has 0 amide bonds. The van der Waals surface area contributed by atoms with E-state index >= 15 is 0 Å². The Morgan fingerprint density at radius 1 is 1.25 bits per heavy atom. The molecule has 74 valence electrons. The third-order valence-corrected chi connectivity index (χ3v) is 2.21. The number of hydrogen-bond donors (Lipinski definition) is 2. The third kappa shape index (κ3) is 6.62. The van der Waals surface area contributed by atoms with Gasteiger partial charge < -0.3 is 10.4 Å². The number of aliphatic hydroxyl groups excluding tert-OH is 1. The molecule has 0 radical (unpaired) electrons. The van der Waals surface area contributed by atoms with Crippen molar-refractivity contribution in [1.29, 1.82) is 0 Å². The first kappa shape index (κ1) is 11.9. The quantitative estimate of drug-likeness (QED) is 0.641. The molecule has 3 atom stereocenters. The Labute approximate surface area is 76.4 Å². The highest BCUT2D eigenvalue weighted by atomic mass is 16.3. The van der Waals surface area contributed by atoms with Gasteiger partial charge >= 0.3 is 0 Å². The minimum Gasteiger partial charge on any atom is -0.392 e. The Bertz CT molecular complexity index is 104. The van der Waals surface area contributed by atoms with Gasteiger partial charge in [0.1, 0.15) is 0 Å². The van der Waals surface area contributed by atoms with Crippen LogP contribution in [0.1, 0.15) is 40.5 Å².